The maximum atomic E-state index is 14.0. The van der Waals surface area contributed by atoms with E-state index < -0.39 is 11.7 Å². The minimum atomic E-state index is -0.753. The summed E-state index contributed by atoms with van der Waals surface area (Å²) in [7, 11) is 0. The van der Waals surface area contributed by atoms with Gasteiger partial charge in [0.1, 0.15) is 11.3 Å². The van der Waals surface area contributed by atoms with E-state index in [4.69, 9.17) is 9.68 Å². The predicted molar refractivity (Wildman–Crippen MR) is 106 cm³/mol. The zero-order chi connectivity index (χ0) is 19.7. The number of oxazole rings is 1. The molecule has 0 atom stereocenters. The number of hydrogen-bond acceptors (Lipinski definition) is 4. The maximum Gasteiger partial charge on any atom is 0.258 e. The number of rotatable bonds is 3. The molecule has 0 saturated carbocycles. The summed E-state index contributed by atoms with van der Waals surface area (Å²) < 4.78 is 20.7. The number of halogens is 2. The Hall–Kier alpha value is -3.50. The number of nitrogens with one attached hydrogen (secondary N) is 1. The topological polar surface area (TPSA) is 78.9 Å². The number of hydrogen-bond donors (Lipinski definition) is 1. The Morgan fingerprint density at radius 2 is 1.89 bits per heavy atom. The summed E-state index contributed by atoms with van der Waals surface area (Å²) in [5, 5.41) is 11.4. The van der Waals surface area contributed by atoms with E-state index in [1.807, 2.05) is 30.3 Å². The fourth-order valence-corrected chi connectivity index (χ4v) is 2.95. The zero-order valence-electron chi connectivity index (χ0n) is 14.2. The Kier molecular flexibility index (Phi) is 4.63. The molecule has 0 bridgehead atoms. The first kappa shape index (κ1) is 17.9. The van der Waals surface area contributed by atoms with Crippen LogP contribution >= 0.6 is 15.9 Å². The van der Waals surface area contributed by atoms with Crippen LogP contribution in [-0.4, -0.2) is 10.9 Å². The van der Waals surface area contributed by atoms with Gasteiger partial charge in [0, 0.05) is 15.7 Å². The van der Waals surface area contributed by atoms with Crippen molar-refractivity contribution in [1.82, 2.24) is 4.98 Å². The molecular formula is C21H11BrFN3O2. The second kappa shape index (κ2) is 7.25. The third-order valence-electron chi connectivity index (χ3n) is 4.08. The van der Waals surface area contributed by atoms with Crippen molar-refractivity contribution in [3.8, 4) is 17.5 Å². The highest BCUT2D eigenvalue weighted by Gasteiger charge is 2.14. The Morgan fingerprint density at radius 3 is 2.61 bits per heavy atom. The third kappa shape index (κ3) is 3.50. The number of carbonyl (C=O) groups is 1. The van der Waals surface area contributed by atoms with Crippen molar-refractivity contribution in [1.29, 1.82) is 5.26 Å². The highest BCUT2D eigenvalue weighted by Crippen LogP contribution is 2.27. The van der Waals surface area contributed by atoms with E-state index in [-0.39, 0.29) is 11.1 Å². The molecule has 1 amide bonds. The number of benzene rings is 3. The Balaban J connectivity index is 1.60. The summed E-state index contributed by atoms with van der Waals surface area (Å²) in [4.78, 5) is 16.8. The first-order valence-electron chi connectivity index (χ1n) is 8.21. The molecule has 1 heterocycles. The second-order valence-electron chi connectivity index (χ2n) is 5.97. The normalized spacial score (nSPS) is 10.6. The average Bonchev–Trinajstić information content (AvgIpc) is 3.11. The van der Waals surface area contributed by atoms with E-state index >= 15 is 0 Å². The van der Waals surface area contributed by atoms with Gasteiger partial charge < -0.3 is 9.73 Å². The summed E-state index contributed by atoms with van der Waals surface area (Å²) in [5.74, 6) is -0.904. The van der Waals surface area contributed by atoms with E-state index in [2.05, 4.69) is 26.2 Å². The lowest BCUT2D eigenvalue weighted by Gasteiger charge is -2.06. The van der Waals surface area contributed by atoms with Crippen LogP contribution in [0.15, 0.2) is 69.6 Å². The van der Waals surface area contributed by atoms with E-state index in [1.54, 1.807) is 18.2 Å². The number of amides is 1. The van der Waals surface area contributed by atoms with E-state index in [9.17, 15) is 9.18 Å². The van der Waals surface area contributed by atoms with Gasteiger partial charge in [-0.2, -0.15) is 5.26 Å². The smallest absolute Gasteiger partial charge is 0.258 e. The van der Waals surface area contributed by atoms with Crippen molar-refractivity contribution in [2.24, 2.45) is 0 Å². The summed E-state index contributed by atoms with van der Waals surface area (Å²) >= 11 is 3.38. The molecule has 4 rings (SSSR count). The molecule has 1 aromatic heterocycles. The van der Waals surface area contributed by atoms with Gasteiger partial charge in [0.15, 0.2) is 5.58 Å². The van der Waals surface area contributed by atoms with Crippen LogP contribution in [0.4, 0.5) is 10.1 Å². The fraction of sp³-hybridized carbons (Fsp3) is 0. The molecule has 0 unspecified atom stereocenters. The van der Waals surface area contributed by atoms with Gasteiger partial charge in [-0.25, -0.2) is 9.37 Å². The standard InChI is InChI=1S/C21H11BrFN3O2/c22-14-4-2-13(3-5-14)21-26-18-10-15(6-8-19(18)28-21)25-20(27)16-7-1-12(11-24)9-17(16)23/h1-10H,(H,25,27). The molecule has 0 aliphatic carbocycles. The highest BCUT2D eigenvalue weighted by molar-refractivity contribution is 9.10. The minimum Gasteiger partial charge on any atom is -0.436 e. The Morgan fingerprint density at radius 1 is 1.11 bits per heavy atom. The van der Waals surface area contributed by atoms with Gasteiger partial charge in [-0.15, -0.1) is 0 Å². The lowest BCUT2D eigenvalue weighted by Crippen LogP contribution is -2.13. The molecule has 0 aliphatic heterocycles. The summed E-state index contributed by atoms with van der Waals surface area (Å²) in [5.41, 5.74) is 2.42. The van der Waals surface area contributed by atoms with Gasteiger partial charge in [-0.05, 0) is 60.7 Å². The van der Waals surface area contributed by atoms with E-state index in [0.29, 0.717) is 22.7 Å². The van der Waals surface area contributed by atoms with Crippen molar-refractivity contribution in [2.45, 2.75) is 0 Å². The Bertz CT molecular complexity index is 1240. The van der Waals surface area contributed by atoms with Crippen LogP contribution in [0.5, 0.6) is 0 Å². The number of nitriles is 1. The third-order valence-corrected chi connectivity index (χ3v) is 4.61. The molecule has 0 radical (unpaired) electrons. The van der Waals surface area contributed by atoms with Gasteiger partial charge in [-0.1, -0.05) is 15.9 Å². The largest absolute Gasteiger partial charge is 0.436 e. The van der Waals surface area contributed by atoms with Crippen LogP contribution in [0, 0.1) is 17.1 Å². The van der Waals surface area contributed by atoms with Crippen LogP contribution in [0.1, 0.15) is 15.9 Å². The molecule has 5 nitrogen and oxygen atoms in total. The molecule has 0 spiro atoms. The van der Waals surface area contributed by atoms with Gasteiger partial charge in [0.05, 0.1) is 17.2 Å². The number of anilines is 1. The Labute approximate surface area is 167 Å². The van der Waals surface area contributed by atoms with Crippen LogP contribution in [0.2, 0.25) is 0 Å². The van der Waals surface area contributed by atoms with Crippen molar-refractivity contribution in [3.63, 3.8) is 0 Å². The van der Waals surface area contributed by atoms with Crippen LogP contribution in [0.3, 0.4) is 0 Å². The molecular weight excluding hydrogens is 425 g/mol. The van der Waals surface area contributed by atoms with Gasteiger partial charge >= 0.3 is 0 Å². The van der Waals surface area contributed by atoms with Crippen molar-refractivity contribution >= 4 is 38.6 Å². The van der Waals surface area contributed by atoms with Crippen molar-refractivity contribution in [2.75, 3.05) is 5.32 Å². The molecule has 3 aromatic carbocycles. The molecule has 7 heteroatoms. The highest BCUT2D eigenvalue weighted by atomic mass is 79.9. The fourth-order valence-electron chi connectivity index (χ4n) is 2.69. The second-order valence-corrected chi connectivity index (χ2v) is 6.88. The summed E-state index contributed by atoms with van der Waals surface area (Å²) in [6.07, 6.45) is 0. The lowest BCUT2D eigenvalue weighted by atomic mass is 10.1. The minimum absolute atomic E-state index is 0.144. The molecule has 136 valence electrons. The molecule has 28 heavy (non-hydrogen) atoms. The number of aromatic nitrogens is 1. The first-order valence-corrected chi connectivity index (χ1v) is 9.00. The summed E-state index contributed by atoms with van der Waals surface area (Å²) in [6.45, 7) is 0. The van der Waals surface area contributed by atoms with E-state index in [1.165, 1.54) is 12.1 Å². The average molecular weight is 436 g/mol. The van der Waals surface area contributed by atoms with Crippen molar-refractivity contribution in [3.05, 3.63) is 82.1 Å². The molecule has 0 aliphatic rings. The van der Waals surface area contributed by atoms with E-state index in [0.717, 1.165) is 16.1 Å². The van der Waals surface area contributed by atoms with Gasteiger partial charge in [0.25, 0.3) is 5.91 Å². The van der Waals surface area contributed by atoms with Crippen LogP contribution < -0.4 is 5.32 Å². The SMILES string of the molecule is N#Cc1ccc(C(=O)Nc2ccc3oc(-c4ccc(Br)cc4)nc3c2)c(F)c1. The molecule has 1 N–H and O–H groups in total. The quantitative estimate of drug-likeness (QED) is 0.459. The van der Waals surface area contributed by atoms with Crippen LogP contribution in [0.25, 0.3) is 22.6 Å². The maximum absolute atomic E-state index is 14.0. The number of carbonyl (C=O) groups excluding carboxylic acids is 1. The number of fused-ring (bicyclic) bond motifs is 1. The summed E-state index contributed by atoms with van der Waals surface area (Å²) in [6, 6.07) is 18.1. The van der Waals surface area contributed by atoms with Gasteiger partial charge in [-0.3, -0.25) is 4.79 Å². The lowest BCUT2D eigenvalue weighted by molar-refractivity contribution is 0.102. The van der Waals surface area contributed by atoms with Gasteiger partial charge in [0.2, 0.25) is 5.89 Å². The predicted octanol–water partition coefficient (Wildman–Crippen LogP) is 5.52. The first-order chi connectivity index (χ1) is 13.5. The molecule has 0 saturated heterocycles. The monoisotopic (exact) mass is 435 g/mol. The van der Waals surface area contributed by atoms with Crippen LogP contribution in [-0.2, 0) is 0 Å². The molecule has 4 aromatic rings. The van der Waals surface area contributed by atoms with Crippen molar-refractivity contribution < 1.29 is 13.6 Å². The molecule has 0 fully saturated rings. The zero-order valence-corrected chi connectivity index (χ0v) is 15.8. The number of nitrogens with zero attached hydrogens (tertiary/aromatic N) is 2.